The van der Waals surface area contributed by atoms with E-state index in [-0.39, 0.29) is 24.7 Å². The average molecular weight is 339 g/mol. The second-order valence-electron chi connectivity index (χ2n) is 5.26. The van der Waals surface area contributed by atoms with Crippen molar-refractivity contribution in [1.82, 2.24) is 4.90 Å². The number of ether oxygens (including phenoxy) is 2. The van der Waals surface area contributed by atoms with E-state index in [0.717, 1.165) is 5.56 Å². The molecule has 0 radical (unpaired) electrons. The first-order chi connectivity index (χ1) is 10.9. The fraction of sp³-hybridized carbons (Fsp3) is 0.438. The van der Waals surface area contributed by atoms with E-state index in [1.807, 2.05) is 6.07 Å². The second-order valence-corrected chi connectivity index (χ2v) is 7.83. The van der Waals surface area contributed by atoms with Crippen LogP contribution < -0.4 is 9.47 Å². The van der Waals surface area contributed by atoms with Gasteiger partial charge in [-0.1, -0.05) is 13.0 Å². The van der Waals surface area contributed by atoms with Gasteiger partial charge >= 0.3 is 0 Å². The molecule has 1 aromatic carbocycles. The minimum absolute atomic E-state index is 0.112. The normalized spacial score (nSPS) is 15.5. The number of rotatable bonds is 6. The summed E-state index contributed by atoms with van der Waals surface area (Å²) in [5, 5.41) is -0.425. The molecule has 1 fully saturated rings. The molecular formula is C16H21NO5S. The maximum absolute atomic E-state index is 12.0. The summed E-state index contributed by atoms with van der Waals surface area (Å²) in [7, 11) is 0.0435. The molecule has 0 atom stereocenters. The molecule has 23 heavy (non-hydrogen) atoms. The van der Waals surface area contributed by atoms with Crippen LogP contribution in [0.3, 0.4) is 0 Å². The smallest absolute Gasteiger partial charge is 0.246 e. The lowest BCUT2D eigenvalue weighted by Crippen LogP contribution is -2.56. The highest BCUT2D eigenvalue weighted by Crippen LogP contribution is 2.28. The summed E-state index contributed by atoms with van der Waals surface area (Å²) in [6.45, 7) is 2.16. The zero-order valence-corrected chi connectivity index (χ0v) is 14.3. The summed E-state index contributed by atoms with van der Waals surface area (Å²) in [5.41, 5.74) is 0.800. The van der Waals surface area contributed by atoms with Crippen LogP contribution in [0.2, 0.25) is 0 Å². The SMILES string of the molecule is CCS(=O)(=O)C1CN(C(=O)/C=C/c2ccc(OC)c(OC)c2)C1. The minimum atomic E-state index is -3.06. The first-order valence-electron chi connectivity index (χ1n) is 7.31. The fourth-order valence-electron chi connectivity index (χ4n) is 2.31. The monoisotopic (exact) mass is 339 g/mol. The highest BCUT2D eigenvalue weighted by atomic mass is 32.2. The molecule has 1 aromatic rings. The summed E-state index contributed by atoms with van der Waals surface area (Å²) in [5.74, 6) is 1.12. The average Bonchev–Trinajstić information content (AvgIpc) is 2.50. The standard InChI is InChI=1S/C16H21NO5S/c1-4-23(19,20)13-10-17(11-13)16(18)8-6-12-5-7-14(21-2)15(9-12)22-3/h5-9,13H,4,10-11H2,1-3H3/b8-6+. The van der Waals surface area contributed by atoms with Crippen LogP contribution in [0.25, 0.3) is 6.08 Å². The number of carbonyl (C=O) groups is 1. The van der Waals surface area contributed by atoms with E-state index in [1.165, 1.54) is 11.0 Å². The Balaban J connectivity index is 1.98. The molecule has 1 saturated heterocycles. The Kier molecular flexibility index (Phi) is 5.30. The summed E-state index contributed by atoms with van der Waals surface area (Å²) < 4.78 is 33.7. The number of benzene rings is 1. The number of hydrogen-bond acceptors (Lipinski definition) is 5. The lowest BCUT2D eigenvalue weighted by molar-refractivity contribution is -0.128. The van der Waals surface area contributed by atoms with Crippen molar-refractivity contribution in [3.8, 4) is 11.5 Å². The Morgan fingerprint density at radius 2 is 1.91 bits per heavy atom. The molecule has 0 saturated carbocycles. The van der Waals surface area contributed by atoms with Gasteiger partial charge in [-0.3, -0.25) is 4.79 Å². The van der Waals surface area contributed by atoms with Crippen LogP contribution in [0.1, 0.15) is 12.5 Å². The van der Waals surface area contributed by atoms with E-state index in [9.17, 15) is 13.2 Å². The van der Waals surface area contributed by atoms with E-state index < -0.39 is 15.1 Å². The molecule has 1 heterocycles. The Labute approximate surface area is 136 Å². The third-order valence-corrected chi connectivity index (χ3v) is 6.01. The summed E-state index contributed by atoms with van der Waals surface area (Å²) in [4.78, 5) is 13.5. The van der Waals surface area contributed by atoms with Crippen molar-refractivity contribution in [1.29, 1.82) is 0 Å². The summed E-state index contributed by atoms with van der Waals surface area (Å²) >= 11 is 0. The lowest BCUT2D eigenvalue weighted by atomic mass is 10.1. The number of amides is 1. The highest BCUT2D eigenvalue weighted by molar-refractivity contribution is 7.92. The zero-order chi connectivity index (χ0) is 17.0. The van der Waals surface area contributed by atoms with E-state index in [1.54, 1.807) is 39.4 Å². The van der Waals surface area contributed by atoms with Gasteiger partial charge in [0.1, 0.15) is 0 Å². The third kappa shape index (κ3) is 3.85. The van der Waals surface area contributed by atoms with Crippen LogP contribution in [0.15, 0.2) is 24.3 Å². The van der Waals surface area contributed by atoms with Gasteiger partial charge in [0.05, 0.1) is 19.5 Å². The van der Waals surface area contributed by atoms with E-state index in [2.05, 4.69) is 0 Å². The molecule has 0 spiro atoms. The Morgan fingerprint density at radius 1 is 1.26 bits per heavy atom. The Morgan fingerprint density at radius 3 is 2.48 bits per heavy atom. The van der Waals surface area contributed by atoms with Crippen molar-refractivity contribution >= 4 is 21.8 Å². The van der Waals surface area contributed by atoms with Crippen LogP contribution >= 0.6 is 0 Å². The van der Waals surface area contributed by atoms with Crippen molar-refractivity contribution in [2.45, 2.75) is 12.2 Å². The maximum atomic E-state index is 12.0. The van der Waals surface area contributed by atoms with Gasteiger partial charge in [0.15, 0.2) is 21.3 Å². The highest BCUT2D eigenvalue weighted by Gasteiger charge is 2.37. The number of carbonyl (C=O) groups excluding carboxylic acids is 1. The Hall–Kier alpha value is -2.02. The molecule has 0 bridgehead atoms. The van der Waals surface area contributed by atoms with Crippen molar-refractivity contribution < 1.29 is 22.7 Å². The molecule has 126 valence electrons. The molecule has 0 aromatic heterocycles. The van der Waals surface area contributed by atoms with Crippen molar-refractivity contribution in [2.24, 2.45) is 0 Å². The molecule has 2 rings (SSSR count). The van der Waals surface area contributed by atoms with E-state index in [0.29, 0.717) is 11.5 Å². The molecular weight excluding hydrogens is 318 g/mol. The number of likely N-dealkylation sites (tertiary alicyclic amines) is 1. The molecule has 0 unspecified atom stereocenters. The van der Waals surface area contributed by atoms with Crippen molar-refractivity contribution in [3.63, 3.8) is 0 Å². The van der Waals surface area contributed by atoms with Gasteiger partial charge in [0.2, 0.25) is 5.91 Å². The molecule has 1 amide bonds. The molecule has 0 N–H and O–H groups in total. The fourth-order valence-corrected chi connectivity index (χ4v) is 3.60. The molecule has 7 heteroatoms. The minimum Gasteiger partial charge on any atom is -0.493 e. The number of sulfone groups is 1. The van der Waals surface area contributed by atoms with Gasteiger partial charge in [-0.25, -0.2) is 8.42 Å². The molecule has 0 aliphatic carbocycles. The second kappa shape index (κ2) is 7.04. The maximum Gasteiger partial charge on any atom is 0.246 e. The van der Waals surface area contributed by atoms with Gasteiger partial charge in [0.25, 0.3) is 0 Å². The predicted octanol–water partition coefficient (Wildman–Crippen LogP) is 1.36. The van der Waals surface area contributed by atoms with Crippen LogP contribution in [0.4, 0.5) is 0 Å². The van der Waals surface area contributed by atoms with Crippen LogP contribution in [-0.4, -0.2) is 57.5 Å². The number of methoxy groups -OCH3 is 2. The van der Waals surface area contributed by atoms with Gasteiger partial charge in [0, 0.05) is 24.9 Å². The topological polar surface area (TPSA) is 72.9 Å². The zero-order valence-electron chi connectivity index (χ0n) is 13.5. The van der Waals surface area contributed by atoms with Crippen LogP contribution in [0, 0.1) is 0 Å². The van der Waals surface area contributed by atoms with Crippen molar-refractivity contribution in [3.05, 3.63) is 29.8 Å². The van der Waals surface area contributed by atoms with Gasteiger partial charge < -0.3 is 14.4 Å². The lowest BCUT2D eigenvalue weighted by Gasteiger charge is -2.37. The van der Waals surface area contributed by atoms with E-state index >= 15 is 0 Å². The number of nitrogens with zero attached hydrogens (tertiary/aromatic N) is 1. The van der Waals surface area contributed by atoms with Gasteiger partial charge in [-0.2, -0.15) is 0 Å². The van der Waals surface area contributed by atoms with Crippen molar-refractivity contribution in [2.75, 3.05) is 33.1 Å². The molecule has 1 aliphatic rings. The first kappa shape index (κ1) is 17.3. The van der Waals surface area contributed by atoms with E-state index in [4.69, 9.17) is 9.47 Å². The van der Waals surface area contributed by atoms with Gasteiger partial charge in [-0.05, 0) is 23.8 Å². The largest absolute Gasteiger partial charge is 0.493 e. The first-order valence-corrected chi connectivity index (χ1v) is 9.03. The Bertz CT molecular complexity index is 705. The quantitative estimate of drug-likeness (QED) is 0.732. The summed E-state index contributed by atoms with van der Waals surface area (Å²) in [6.07, 6.45) is 3.11. The number of hydrogen-bond donors (Lipinski definition) is 0. The molecule has 1 aliphatic heterocycles. The third-order valence-electron chi connectivity index (χ3n) is 3.90. The summed E-state index contributed by atoms with van der Waals surface area (Å²) in [6, 6.07) is 5.34. The molecule has 6 nitrogen and oxygen atoms in total. The predicted molar refractivity (Wildman–Crippen MR) is 88.4 cm³/mol. The van der Waals surface area contributed by atoms with Gasteiger partial charge in [-0.15, -0.1) is 0 Å². The van der Waals surface area contributed by atoms with Crippen LogP contribution in [-0.2, 0) is 14.6 Å². The van der Waals surface area contributed by atoms with Crippen LogP contribution in [0.5, 0.6) is 11.5 Å².